The van der Waals surface area contributed by atoms with Crippen LogP contribution in [0.5, 0.6) is 0 Å². The van der Waals surface area contributed by atoms with Gasteiger partial charge in [-0.2, -0.15) is 0 Å². The Bertz CT molecular complexity index is 766. The quantitative estimate of drug-likeness (QED) is 0.571. The SMILES string of the molecule is CC(C)(C)C(=O)N1CCC2(CC1)SCCN2C(=O)c1cccc([N+](=O)[O-])c1. The molecule has 1 aromatic rings. The Morgan fingerprint density at radius 1 is 1.19 bits per heavy atom. The fourth-order valence-electron chi connectivity index (χ4n) is 3.75. The number of nitro groups is 1. The maximum atomic E-state index is 13.1. The van der Waals surface area contributed by atoms with Crippen LogP contribution in [0.2, 0.25) is 0 Å². The number of thioether (sulfide) groups is 1. The summed E-state index contributed by atoms with van der Waals surface area (Å²) in [5.74, 6) is 0.810. The molecule has 0 aromatic heterocycles. The Kier molecular flexibility index (Phi) is 5.20. The molecule has 2 heterocycles. The molecule has 2 saturated heterocycles. The van der Waals surface area contributed by atoms with Gasteiger partial charge >= 0.3 is 0 Å². The Hall–Kier alpha value is -2.09. The normalized spacial score (nSPS) is 19.4. The molecule has 0 atom stereocenters. The number of non-ortho nitro benzene ring substituents is 1. The summed E-state index contributed by atoms with van der Waals surface area (Å²) in [6, 6.07) is 5.91. The van der Waals surface area contributed by atoms with Gasteiger partial charge < -0.3 is 9.80 Å². The maximum Gasteiger partial charge on any atom is 0.270 e. The second kappa shape index (κ2) is 7.14. The van der Waals surface area contributed by atoms with Gasteiger partial charge in [0.05, 0.1) is 9.79 Å². The van der Waals surface area contributed by atoms with Crippen molar-refractivity contribution in [2.45, 2.75) is 38.5 Å². The van der Waals surface area contributed by atoms with E-state index in [0.29, 0.717) is 25.2 Å². The fourth-order valence-corrected chi connectivity index (χ4v) is 5.21. The number of benzene rings is 1. The van der Waals surface area contributed by atoms with Crippen molar-refractivity contribution in [3.63, 3.8) is 0 Å². The fraction of sp³-hybridized carbons (Fsp3) is 0.579. The first kappa shape index (κ1) is 19.7. The van der Waals surface area contributed by atoms with Gasteiger partial charge in [0, 0.05) is 48.5 Å². The van der Waals surface area contributed by atoms with Crippen molar-refractivity contribution in [1.82, 2.24) is 9.80 Å². The van der Waals surface area contributed by atoms with E-state index in [1.54, 1.807) is 23.9 Å². The molecular formula is C19H25N3O4S. The molecule has 2 aliphatic rings. The zero-order chi connectivity index (χ0) is 19.8. The predicted octanol–water partition coefficient (Wildman–Crippen LogP) is 3.15. The molecule has 0 aliphatic carbocycles. The van der Waals surface area contributed by atoms with Crippen LogP contribution in [0.1, 0.15) is 44.0 Å². The average molecular weight is 391 g/mol. The smallest absolute Gasteiger partial charge is 0.270 e. The van der Waals surface area contributed by atoms with Crippen molar-refractivity contribution >= 4 is 29.3 Å². The molecule has 7 nitrogen and oxygen atoms in total. The van der Waals surface area contributed by atoms with Crippen LogP contribution in [0, 0.1) is 15.5 Å². The zero-order valence-electron chi connectivity index (χ0n) is 15.9. The van der Waals surface area contributed by atoms with E-state index in [1.807, 2.05) is 30.6 Å². The second-order valence-corrected chi connectivity index (χ2v) is 9.56. The molecule has 0 bridgehead atoms. The molecule has 8 heteroatoms. The number of rotatable bonds is 2. The van der Waals surface area contributed by atoms with Crippen molar-refractivity contribution in [3.8, 4) is 0 Å². The van der Waals surface area contributed by atoms with Gasteiger partial charge in [0.2, 0.25) is 5.91 Å². The molecule has 146 valence electrons. The van der Waals surface area contributed by atoms with Gasteiger partial charge in [0.15, 0.2) is 0 Å². The van der Waals surface area contributed by atoms with Gasteiger partial charge in [-0.3, -0.25) is 19.7 Å². The first-order valence-electron chi connectivity index (χ1n) is 9.14. The van der Waals surface area contributed by atoms with E-state index in [0.717, 1.165) is 18.6 Å². The summed E-state index contributed by atoms with van der Waals surface area (Å²) in [6.45, 7) is 7.63. The highest BCUT2D eigenvalue weighted by atomic mass is 32.2. The predicted molar refractivity (Wildman–Crippen MR) is 105 cm³/mol. The molecule has 1 aromatic carbocycles. The molecule has 0 N–H and O–H groups in total. The van der Waals surface area contributed by atoms with E-state index >= 15 is 0 Å². The van der Waals surface area contributed by atoms with Crippen LogP contribution in [0.25, 0.3) is 0 Å². The van der Waals surface area contributed by atoms with Crippen LogP contribution in [-0.2, 0) is 4.79 Å². The highest BCUT2D eigenvalue weighted by Gasteiger charge is 2.47. The highest BCUT2D eigenvalue weighted by molar-refractivity contribution is 8.00. The third kappa shape index (κ3) is 3.81. The largest absolute Gasteiger partial charge is 0.342 e. The van der Waals surface area contributed by atoms with Crippen molar-refractivity contribution in [3.05, 3.63) is 39.9 Å². The van der Waals surface area contributed by atoms with E-state index in [1.165, 1.54) is 12.1 Å². The Labute approximate surface area is 163 Å². The summed E-state index contributed by atoms with van der Waals surface area (Å²) in [5, 5.41) is 11.0. The van der Waals surface area contributed by atoms with Gasteiger partial charge in [-0.1, -0.05) is 26.8 Å². The minimum absolute atomic E-state index is 0.0765. The van der Waals surface area contributed by atoms with E-state index in [2.05, 4.69) is 0 Å². The number of piperidine rings is 1. The van der Waals surface area contributed by atoms with E-state index in [4.69, 9.17) is 0 Å². The van der Waals surface area contributed by atoms with Crippen LogP contribution in [0.3, 0.4) is 0 Å². The van der Waals surface area contributed by atoms with Crippen LogP contribution in [0.4, 0.5) is 5.69 Å². The summed E-state index contributed by atoms with van der Waals surface area (Å²) in [5.41, 5.74) is -0.141. The lowest BCUT2D eigenvalue weighted by atomic mass is 9.92. The standard InChI is InChI=1S/C19H25N3O4S/c1-18(2,3)17(24)20-9-7-19(8-10-20)21(11-12-27-19)16(23)14-5-4-6-15(13-14)22(25)26/h4-6,13H,7-12H2,1-3H3. The summed E-state index contributed by atoms with van der Waals surface area (Å²) in [6.07, 6.45) is 1.44. The molecule has 3 rings (SSSR count). The second-order valence-electron chi connectivity index (χ2n) is 8.10. The molecule has 0 unspecified atom stereocenters. The summed E-state index contributed by atoms with van der Waals surface area (Å²) in [7, 11) is 0. The first-order valence-corrected chi connectivity index (χ1v) is 10.1. The van der Waals surface area contributed by atoms with Crippen LogP contribution < -0.4 is 0 Å². The molecule has 0 saturated carbocycles. The minimum Gasteiger partial charge on any atom is -0.342 e. The average Bonchev–Trinajstić information content (AvgIpc) is 3.03. The zero-order valence-corrected chi connectivity index (χ0v) is 16.8. The molecule has 2 fully saturated rings. The van der Waals surface area contributed by atoms with Crippen molar-refractivity contribution < 1.29 is 14.5 Å². The van der Waals surface area contributed by atoms with E-state index < -0.39 is 10.3 Å². The Balaban J connectivity index is 1.76. The molecule has 2 aliphatic heterocycles. The van der Waals surface area contributed by atoms with Gasteiger partial charge in [-0.15, -0.1) is 11.8 Å². The van der Waals surface area contributed by atoms with Crippen LogP contribution >= 0.6 is 11.8 Å². The van der Waals surface area contributed by atoms with Crippen LogP contribution in [0.15, 0.2) is 24.3 Å². The first-order chi connectivity index (χ1) is 12.6. The summed E-state index contributed by atoms with van der Waals surface area (Å²) < 4.78 is 0. The number of carbonyl (C=O) groups is 2. The summed E-state index contributed by atoms with van der Waals surface area (Å²) >= 11 is 1.76. The molecule has 2 amide bonds. The number of hydrogen-bond donors (Lipinski definition) is 0. The number of nitro benzene ring substituents is 1. The lowest BCUT2D eigenvalue weighted by Gasteiger charge is -2.45. The highest BCUT2D eigenvalue weighted by Crippen LogP contribution is 2.45. The van der Waals surface area contributed by atoms with Crippen molar-refractivity contribution in [2.75, 3.05) is 25.4 Å². The van der Waals surface area contributed by atoms with Gasteiger partial charge in [-0.25, -0.2) is 0 Å². The number of nitrogens with zero attached hydrogens (tertiary/aromatic N) is 3. The van der Waals surface area contributed by atoms with Crippen molar-refractivity contribution in [1.29, 1.82) is 0 Å². The van der Waals surface area contributed by atoms with E-state index in [-0.39, 0.29) is 22.4 Å². The van der Waals surface area contributed by atoms with Crippen LogP contribution in [-0.4, -0.2) is 56.8 Å². The minimum atomic E-state index is -0.484. The Morgan fingerprint density at radius 3 is 2.44 bits per heavy atom. The molecule has 0 radical (unpaired) electrons. The third-order valence-corrected chi connectivity index (χ3v) is 6.75. The number of amides is 2. The van der Waals surface area contributed by atoms with Gasteiger partial charge in [-0.05, 0) is 18.9 Å². The third-order valence-electron chi connectivity index (χ3n) is 5.20. The lowest BCUT2D eigenvalue weighted by Crippen LogP contribution is -2.55. The topological polar surface area (TPSA) is 83.8 Å². The lowest BCUT2D eigenvalue weighted by molar-refractivity contribution is -0.384. The summed E-state index contributed by atoms with van der Waals surface area (Å²) in [4.78, 5) is 39.6. The number of likely N-dealkylation sites (tertiary alicyclic amines) is 1. The van der Waals surface area contributed by atoms with Gasteiger partial charge in [0.1, 0.15) is 0 Å². The molecule has 27 heavy (non-hydrogen) atoms. The van der Waals surface area contributed by atoms with Gasteiger partial charge in [0.25, 0.3) is 11.6 Å². The van der Waals surface area contributed by atoms with E-state index in [9.17, 15) is 19.7 Å². The van der Waals surface area contributed by atoms with Crippen molar-refractivity contribution in [2.24, 2.45) is 5.41 Å². The molecule has 1 spiro atoms. The number of hydrogen-bond acceptors (Lipinski definition) is 5. The Morgan fingerprint density at radius 2 is 1.85 bits per heavy atom. The monoisotopic (exact) mass is 391 g/mol. The molecular weight excluding hydrogens is 366 g/mol. The maximum absolute atomic E-state index is 13.1. The number of carbonyl (C=O) groups excluding carboxylic acids is 2.